The highest BCUT2D eigenvalue weighted by molar-refractivity contribution is 5.27. The predicted molar refractivity (Wildman–Crippen MR) is 68.0 cm³/mol. The van der Waals surface area contributed by atoms with Gasteiger partial charge in [-0.1, -0.05) is 29.8 Å². The minimum Gasteiger partial charge on any atom is -0.466 e. The van der Waals surface area contributed by atoms with Crippen molar-refractivity contribution in [3.63, 3.8) is 0 Å². The van der Waals surface area contributed by atoms with E-state index in [0.29, 0.717) is 6.42 Å². The van der Waals surface area contributed by atoms with Gasteiger partial charge in [-0.3, -0.25) is 0 Å². The van der Waals surface area contributed by atoms with Crippen LogP contribution in [-0.2, 0) is 6.42 Å². The third-order valence-corrected chi connectivity index (χ3v) is 2.99. The number of rotatable bonds is 3. The molecule has 0 spiro atoms. The molecule has 0 amide bonds. The fourth-order valence-corrected chi connectivity index (χ4v) is 2.04. The largest absolute Gasteiger partial charge is 0.466 e. The molecular weight excluding hydrogens is 212 g/mol. The lowest BCUT2D eigenvalue weighted by molar-refractivity contribution is 0.176. The van der Waals surface area contributed by atoms with Gasteiger partial charge in [0.15, 0.2) is 0 Å². The molecule has 1 aromatic heterocycles. The number of benzene rings is 1. The molecule has 2 aromatic rings. The van der Waals surface area contributed by atoms with E-state index in [1.807, 2.05) is 19.9 Å². The first-order valence-electron chi connectivity index (χ1n) is 5.87. The number of furan rings is 1. The third kappa shape index (κ3) is 2.77. The average Bonchev–Trinajstić information content (AvgIpc) is 2.61. The van der Waals surface area contributed by atoms with E-state index in [4.69, 9.17) is 4.42 Å². The van der Waals surface area contributed by atoms with Gasteiger partial charge in [0, 0.05) is 12.0 Å². The average molecular weight is 230 g/mol. The zero-order valence-corrected chi connectivity index (χ0v) is 10.5. The van der Waals surface area contributed by atoms with Crippen molar-refractivity contribution >= 4 is 0 Å². The first-order chi connectivity index (χ1) is 8.06. The molecule has 2 rings (SSSR count). The third-order valence-electron chi connectivity index (χ3n) is 2.99. The fourth-order valence-electron chi connectivity index (χ4n) is 2.04. The van der Waals surface area contributed by atoms with Gasteiger partial charge in [-0.2, -0.15) is 0 Å². The second-order valence-corrected chi connectivity index (χ2v) is 4.57. The molecule has 0 aliphatic heterocycles. The first kappa shape index (κ1) is 11.9. The Morgan fingerprint density at radius 1 is 1.12 bits per heavy atom. The molecule has 0 saturated carbocycles. The van der Waals surface area contributed by atoms with Gasteiger partial charge in [0.25, 0.3) is 0 Å². The van der Waals surface area contributed by atoms with Gasteiger partial charge in [0.2, 0.25) is 0 Å². The standard InChI is InChI=1S/C15H18O2/c1-10-4-6-13(7-5-10)9-15(16)14-8-11(2)17-12(14)3/h4-8,15-16H,9H2,1-3H3. The fraction of sp³-hybridized carbons (Fsp3) is 0.333. The van der Waals surface area contributed by atoms with Crippen LogP contribution in [0, 0.1) is 20.8 Å². The second-order valence-electron chi connectivity index (χ2n) is 4.57. The lowest BCUT2D eigenvalue weighted by atomic mass is 10.0. The zero-order valence-electron chi connectivity index (χ0n) is 10.5. The van der Waals surface area contributed by atoms with Crippen molar-refractivity contribution in [2.75, 3.05) is 0 Å². The summed E-state index contributed by atoms with van der Waals surface area (Å²) in [6.07, 6.45) is 0.134. The van der Waals surface area contributed by atoms with Crippen LogP contribution in [-0.4, -0.2) is 5.11 Å². The molecule has 0 aliphatic rings. The molecule has 1 aromatic carbocycles. The Morgan fingerprint density at radius 2 is 1.76 bits per heavy atom. The van der Waals surface area contributed by atoms with Crippen LogP contribution in [0.4, 0.5) is 0 Å². The van der Waals surface area contributed by atoms with E-state index in [1.54, 1.807) is 0 Å². The number of hydrogen-bond acceptors (Lipinski definition) is 2. The molecule has 0 fully saturated rings. The van der Waals surface area contributed by atoms with Crippen molar-refractivity contribution in [1.82, 2.24) is 0 Å². The summed E-state index contributed by atoms with van der Waals surface area (Å²) in [6, 6.07) is 10.2. The maximum Gasteiger partial charge on any atom is 0.106 e. The van der Waals surface area contributed by atoms with E-state index in [1.165, 1.54) is 5.56 Å². The maximum absolute atomic E-state index is 10.2. The summed E-state index contributed by atoms with van der Waals surface area (Å²) in [6.45, 7) is 5.85. The minimum absolute atomic E-state index is 0.491. The van der Waals surface area contributed by atoms with E-state index in [2.05, 4.69) is 31.2 Å². The number of hydrogen-bond donors (Lipinski definition) is 1. The zero-order chi connectivity index (χ0) is 12.4. The summed E-state index contributed by atoms with van der Waals surface area (Å²) < 4.78 is 5.43. The Labute approximate surface area is 102 Å². The summed E-state index contributed by atoms with van der Waals surface area (Å²) >= 11 is 0. The SMILES string of the molecule is Cc1ccc(CC(O)c2cc(C)oc2C)cc1. The van der Waals surface area contributed by atoms with Crippen molar-refractivity contribution < 1.29 is 9.52 Å². The van der Waals surface area contributed by atoms with Crippen LogP contribution in [0.15, 0.2) is 34.7 Å². The van der Waals surface area contributed by atoms with Gasteiger partial charge in [0.05, 0.1) is 6.10 Å². The van der Waals surface area contributed by atoms with E-state index < -0.39 is 6.10 Å². The summed E-state index contributed by atoms with van der Waals surface area (Å²) in [5.74, 6) is 1.66. The Morgan fingerprint density at radius 3 is 2.29 bits per heavy atom. The van der Waals surface area contributed by atoms with Crippen LogP contribution in [0.5, 0.6) is 0 Å². The van der Waals surface area contributed by atoms with Gasteiger partial charge >= 0.3 is 0 Å². The van der Waals surface area contributed by atoms with Crippen LogP contribution in [0.1, 0.15) is 34.3 Å². The van der Waals surface area contributed by atoms with Gasteiger partial charge in [0.1, 0.15) is 11.5 Å². The predicted octanol–water partition coefficient (Wildman–Crippen LogP) is 3.48. The Hall–Kier alpha value is -1.54. The molecule has 90 valence electrons. The number of aliphatic hydroxyl groups excluding tert-OH is 1. The van der Waals surface area contributed by atoms with Crippen LogP contribution in [0.3, 0.4) is 0 Å². The topological polar surface area (TPSA) is 33.4 Å². The smallest absolute Gasteiger partial charge is 0.106 e. The first-order valence-corrected chi connectivity index (χ1v) is 5.87. The highest BCUT2D eigenvalue weighted by Crippen LogP contribution is 2.24. The normalized spacial score (nSPS) is 12.7. The maximum atomic E-state index is 10.2. The summed E-state index contributed by atoms with van der Waals surface area (Å²) in [5.41, 5.74) is 3.27. The quantitative estimate of drug-likeness (QED) is 0.875. The molecule has 0 aliphatic carbocycles. The molecule has 1 N–H and O–H groups in total. The van der Waals surface area contributed by atoms with Crippen molar-refractivity contribution in [2.24, 2.45) is 0 Å². The van der Waals surface area contributed by atoms with Gasteiger partial charge in [-0.25, -0.2) is 0 Å². The van der Waals surface area contributed by atoms with E-state index in [9.17, 15) is 5.11 Å². The van der Waals surface area contributed by atoms with Gasteiger partial charge in [-0.05, 0) is 32.4 Å². The molecule has 1 unspecified atom stereocenters. The molecule has 2 nitrogen and oxygen atoms in total. The Balaban J connectivity index is 2.14. The molecule has 0 radical (unpaired) electrons. The molecular formula is C15H18O2. The molecule has 2 heteroatoms. The second kappa shape index (κ2) is 4.76. The van der Waals surface area contributed by atoms with Gasteiger partial charge in [-0.15, -0.1) is 0 Å². The number of aryl methyl sites for hydroxylation is 3. The monoisotopic (exact) mass is 230 g/mol. The van der Waals surface area contributed by atoms with Crippen LogP contribution in [0.25, 0.3) is 0 Å². The lowest BCUT2D eigenvalue weighted by Gasteiger charge is -2.09. The highest BCUT2D eigenvalue weighted by Gasteiger charge is 2.14. The lowest BCUT2D eigenvalue weighted by Crippen LogP contribution is -2.01. The van der Waals surface area contributed by atoms with Crippen LogP contribution < -0.4 is 0 Å². The minimum atomic E-state index is -0.491. The van der Waals surface area contributed by atoms with E-state index in [0.717, 1.165) is 22.6 Å². The van der Waals surface area contributed by atoms with Crippen molar-refractivity contribution in [1.29, 1.82) is 0 Å². The van der Waals surface area contributed by atoms with E-state index >= 15 is 0 Å². The number of aliphatic hydroxyl groups is 1. The van der Waals surface area contributed by atoms with Crippen LogP contribution >= 0.6 is 0 Å². The van der Waals surface area contributed by atoms with E-state index in [-0.39, 0.29) is 0 Å². The molecule has 0 bridgehead atoms. The van der Waals surface area contributed by atoms with Crippen molar-refractivity contribution in [3.05, 3.63) is 58.5 Å². The van der Waals surface area contributed by atoms with Gasteiger partial charge < -0.3 is 9.52 Å². The highest BCUT2D eigenvalue weighted by atomic mass is 16.3. The Kier molecular flexibility index (Phi) is 3.34. The molecule has 17 heavy (non-hydrogen) atoms. The molecule has 1 atom stereocenters. The summed E-state index contributed by atoms with van der Waals surface area (Å²) in [7, 11) is 0. The van der Waals surface area contributed by atoms with Crippen molar-refractivity contribution in [2.45, 2.75) is 33.3 Å². The molecule has 1 heterocycles. The Bertz CT molecular complexity index is 494. The summed E-state index contributed by atoms with van der Waals surface area (Å²) in [4.78, 5) is 0. The van der Waals surface area contributed by atoms with Crippen LogP contribution in [0.2, 0.25) is 0 Å². The van der Waals surface area contributed by atoms with Crippen molar-refractivity contribution in [3.8, 4) is 0 Å². The summed E-state index contributed by atoms with van der Waals surface area (Å²) in [5, 5.41) is 10.2. The molecule has 0 saturated heterocycles.